The summed E-state index contributed by atoms with van der Waals surface area (Å²) in [6.07, 6.45) is 6.72. The molecule has 0 aromatic carbocycles. The number of rotatable bonds is 5. The molecule has 1 unspecified atom stereocenters. The smallest absolute Gasteiger partial charge is 0.413 e. The standard InChI is InChI=1S/C14H21N3O2S/c1-3-8-19-14(18)16-13-15-9-12(20-13)10-17-7-5-4-6-11(17)2/h3,9,11H,1,4-8,10H2,2H3,(H,15,16,18). The van der Waals surface area contributed by atoms with Crippen LogP contribution in [0.2, 0.25) is 0 Å². The lowest BCUT2D eigenvalue weighted by Crippen LogP contribution is -2.36. The number of likely N-dealkylation sites (tertiary alicyclic amines) is 1. The van der Waals surface area contributed by atoms with E-state index in [1.807, 2.05) is 6.20 Å². The molecule has 0 aliphatic carbocycles. The molecule has 2 heterocycles. The summed E-state index contributed by atoms with van der Waals surface area (Å²) in [7, 11) is 0. The van der Waals surface area contributed by atoms with Gasteiger partial charge in [0.15, 0.2) is 5.13 Å². The number of carbonyl (C=O) groups is 1. The van der Waals surface area contributed by atoms with Crippen molar-refractivity contribution in [1.82, 2.24) is 9.88 Å². The first-order valence-electron chi connectivity index (χ1n) is 6.92. The lowest BCUT2D eigenvalue weighted by atomic mass is 10.0. The number of piperidine rings is 1. The van der Waals surface area contributed by atoms with Gasteiger partial charge in [0.25, 0.3) is 0 Å². The van der Waals surface area contributed by atoms with Gasteiger partial charge in [0.1, 0.15) is 6.61 Å². The third kappa shape index (κ3) is 4.31. The van der Waals surface area contributed by atoms with E-state index >= 15 is 0 Å². The van der Waals surface area contributed by atoms with E-state index in [1.165, 1.54) is 36.7 Å². The van der Waals surface area contributed by atoms with Crippen LogP contribution in [0.15, 0.2) is 18.9 Å². The molecule has 0 radical (unpaired) electrons. The molecule has 1 aromatic heterocycles. The minimum Gasteiger partial charge on any atom is -0.445 e. The summed E-state index contributed by atoms with van der Waals surface area (Å²) in [5.41, 5.74) is 0. The van der Waals surface area contributed by atoms with Gasteiger partial charge in [-0.1, -0.05) is 19.1 Å². The van der Waals surface area contributed by atoms with Crippen LogP contribution in [0.5, 0.6) is 0 Å². The van der Waals surface area contributed by atoms with Crippen LogP contribution in [-0.4, -0.2) is 35.2 Å². The highest BCUT2D eigenvalue weighted by Crippen LogP contribution is 2.24. The van der Waals surface area contributed by atoms with Crippen molar-refractivity contribution in [3.05, 3.63) is 23.7 Å². The normalized spacial score (nSPS) is 19.6. The van der Waals surface area contributed by atoms with Gasteiger partial charge in [0, 0.05) is 23.7 Å². The molecule has 5 nitrogen and oxygen atoms in total. The molecule has 1 aliphatic rings. The van der Waals surface area contributed by atoms with Crippen molar-refractivity contribution in [3.63, 3.8) is 0 Å². The Kier molecular flexibility index (Phi) is 5.55. The largest absolute Gasteiger partial charge is 0.445 e. The predicted molar refractivity (Wildman–Crippen MR) is 81.0 cm³/mol. The maximum atomic E-state index is 11.4. The number of hydrogen-bond acceptors (Lipinski definition) is 5. The molecule has 1 aromatic rings. The molecule has 6 heteroatoms. The second kappa shape index (κ2) is 7.40. The second-order valence-electron chi connectivity index (χ2n) is 4.96. The van der Waals surface area contributed by atoms with Gasteiger partial charge < -0.3 is 4.74 Å². The van der Waals surface area contributed by atoms with E-state index in [0.717, 1.165) is 18.0 Å². The molecule has 0 spiro atoms. The van der Waals surface area contributed by atoms with Gasteiger partial charge in [-0.25, -0.2) is 9.78 Å². The van der Waals surface area contributed by atoms with Gasteiger partial charge >= 0.3 is 6.09 Å². The van der Waals surface area contributed by atoms with E-state index in [0.29, 0.717) is 11.2 Å². The molecule has 20 heavy (non-hydrogen) atoms. The van der Waals surface area contributed by atoms with Crippen molar-refractivity contribution in [2.45, 2.75) is 38.8 Å². The zero-order valence-electron chi connectivity index (χ0n) is 11.8. The van der Waals surface area contributed by atoms with Crippen LogP contribution in [0.4, 0.5) is 9.93 Å². The average Bonchev–Trinajstić information content (AvgIpc) is 2.86. The molecule has 1 amide bonds. The summed E-state index contributed by atoms with van der Waals surface area (Å²) in [5, 5.41) is 3.21. The van der Waals surface area contributed by atoms with E-state index < -0.39 is 6.09 Å². The summed E-state index contributed by atoms with van der Waals surface area (Å²) in [5.74, 6) is 0. The first-order chi connectivity index (χ1) is 9.69. The monoisotopic (exact) mass is 295 g/mol. The van der Waals surface area contributed by atoms with Gasteiger partial charge in [-0.3, -0.25) is 10.2 Å². The third-order valence-electron chi connectivity index (χ3n) is 3.39. The number of aromatic nitrogens is 1. The molecular formula is C14H21N3O2S. The summed E-state index contributed by atoms with van der Waals surface area (Å²) in [4.78, 5) is 19.2. The Balaban J connectivity index is 1.85. The van der Waals surface area contributed by atoms with Gasteiger partial charge in [0.2, 0.25) is 0 Å². The Labute approximate surface area is 123 Å². The predicted octanol–water partition coefficient (Wildman–Crippen LogP) is 3.25. The van der Waals surface area contributed by atoms with Crippen LogP contribution in [0.1, 0.15) is 31.1 Å². The molecule has 2 rings (SSSR count). The molecule has 0 bridgehead atoms. The maximum absolute atomic E-state index is 11.4. The van der Waals surface area contributed by atoms with Crippen molar-refractivity contribution in [2.24, 2.45) is 0 Å². The highest BCUT2D eigenvalue weighted by Gasteiger charge is 2.19. The first kappa shape index (κ1) is 15.0. The number of nitrogens with one attached hydrogen (secondary N) is 1. The highest BCUT2D eigenvalue weighted by atomic mass is 32.1. The zero-order chi connectivity index (χ0) is 14.4. The van der Waals surface area contributed by atoms with Gasteiger partial charge in [-0.2, -0.15) is 0 Å². The number of nitrogens with zero attached hydrogens (tertiary/aromatic N) is 2. The number of ether oxygens (including phenoxy) is 1. The molecule has 110 valence electrons. The van der Waals surface area contributed by atoms with Crippen molar-refractivity contribution in [1.29, 1.82) is 0 Å². The summed E-state index contributed by atoms with van der Waals surface area (Å²) < 4.78 is 4.86. The number of hydrogen-bond donors (Lipinski definition) is 1. The van der Waals surface area contributed by atoms with Crippen LogP contribution in [0.25, 0.3) is 0 Å². The van der Waals surface area contributed by atoms with Crippen LogP contribution >= 0.6 is 11.3 Å². The molecule has 1 atom stereocenters. The minimum atomic E-state index is -0.489. The SMILES string of the molecule is C=CCOC(=O)Nc1ncc(CN2CCCCC2C)s1. The Morgan fingerprint density at radius 2 is 2.55 bits per heavy atom. The van der Waals surface area contributed by atoms with Crippen molar-refractivity contribution < 1.29 is 9.53 Å². The van der Waals surface area contributed by atoms with Crippen LogP contribution in [0, 0.1) is 0 Å². The van der Waals surface area contributed by atoms with Gasteiger partial charge in [-0.05, 0) is 26.3 Å². The van der Waals surface area contributed by atoms with E-state index in [2.05, 4.69) is 28.7 Å². The highest BCUT2D eigenvalue weighted by molar-refractivity contribution is 7.15. The van der Waals surface area contributed by atoms with E-state index in [9.17, 15) is 4.79 Å². The number of thiazole rings is 1. The second-order valence-corrected chi connectivity index (χ2v) is 6.07. The third-order valence-corrected chi connectivity index (χ3v) is 4.29. The molecule has 1 saturated heterocycles. The fourth-order valence-electron chi connectivity index (χ4n) is 2.29. The lowest BCUT2D eigenvalue weighted by Gasteiger charge is -2.32. The Bertz CT molecular complexity index is 461. The fourth-order valence-corrected chi connectivity index (χ4v) is 3.11. The summed E-state index contributed by atoms with van der Waals surface area (Å²) in [6.45, 7) is 8.01. The fraction of sp³-hybridized carbons (Fsp3) is 0.571. The molecular weight excluding hydrogens is 274 g/mol. The maximum Gasteiger partial charge on any atom is 0.413 e. The molecule has 1 N–H and O–H groups in total. The minimum absolute atomic E-state index is 0.204. The number of amides is 1. The van der Waals surface area contributed by atoms with Crippen molar-refractivity contribution in [3.8, 4) is 0 Å². The average molecular weight is 295 g/mol. The first-order valence-corrected chi connectivity index (χ1v) is 7.74. The summed E-state index contributed by atoms with van der Waals surface area (Å²) in [6, 6.07) is 0.625. The Morgan fingerprint density at radius 1 is 1.70 bits per heavy atom. The molecule has 1 aliphatic heterocycles. The van der Waals surface area contributed by atoms with E-state index in [-0.39, 0.29) is 6.61 Å². The van der Waals surface area contributed by atoms with Crippen LogP contribution in [0.3, 0.4) is 0 Å². The van der Waals surface area contributed by atoms with Gasteiger partial charge in [-0.15, -0.1) is 11.3 Å². The van der Waals surface area contributed by atoms with E-state index in [1.54, 1.807) is 0 Å². The quantitative estimate of drug-likeness (QED) is 0.847. The summed E-state index contributed by atoms with van der Waals surface area (Å²) >= 11 is 1.50. The van der Waals surface area contributed by atoms with Crippen LogP contribution in [-0.2, 0) is 11.3 Å². The Morgan fingerprint density at radius 3 is 3.30 bits per heavy atom. The number of anilines is 1. The zero-order valence-corrected chi connectivity index (χ0v) is 12.6. The topological polar surface area (TPSA) is 54.5 Å². The van der Waals surface area contributed by atoms with Crippen molar-refractivity contribution >= 4 is 22.6 Å². The molecule has 0 saturated carbocycles. The Hall–Kier alpha value is -1.40. The number of carbonyl (C=O) groups excluding carboxylic acids is 1. The van der Waals surface area contributed by atoms with Crippen LogP contribution < -0.4 is 5.32 Å². The molecule has 1 fully saturated rings. The van der Waals surface area contributed by atoms with E-state index in [4.69, 9.17) is 4.74 Å². The van der Waals surface area contributed by atoms with Crippen molar-refractivity contribution in [2.75, 3.05) is 18.5 Å². The lowest BCUT2D eigenvalue weighted by molar-refractivity contribution is 0.154. The van der Waals surface area contributed by atoms with Gasteiger partial charge in [0.05, 0.1) is 0 Å².